The normalized spacial score (nSPS) is 11.8. The fourth-order valence-corrected chi connectivity index (χ4v) is 2.92. The van der Waals surface area contributed by atoms with Crippen LogP contribution in [0, 0.1) is 0 Å². The van der Waals surface area contributed by atoms with E-state index < -0.39 is 5.97 Å². The predicted molar refractivity (Wildman–Crippen MR) is 95.4 cm³/mol. The van der Waals surface area contributed by atoms with Gasteiger partial charge in [0.05, 0.1) is 25.4 Å². The molecule has 0 N–H and O–H groups in total. The summed E-state index contributed by atoms with van der Waals surface area (Å²) in [6.45, 7) is 1.32. The Bertz CT molecular complexity index is 1030. The lowest BCUT2D eigenvalue weighted by atomic mass is 10.1. The van der Waals surface area contributed by atoms with Gasteiger partial charge in [-0.1, -0.05) is 18.2 Å². The van der Waals surface area contributed by atoms with Gasteiger partial charge in [-0.15, -0.1) is 0 Å². The number of ether oxygens (including phenoxy) is 2. The zero-order chi connectivity index (χ0) is 18.1. The summed E-state index contributed by atoms with van der Waals surface area (Å²) in [6, 6.07) is 9.58. The van der Waals surface area contributed by atoms with Crippen LogP contribution in [0.5, 0.6) is 5.75 Å². The van der Waals surface area contributed by atoms with E-state index in [0.29, 0.717) is 11.4 Å². The van der Waals surface area contributed by atoms with Crippen molar-refractivity contribution in [3.63, 3.8) is 0 Å². The van der Waals surface area contributed by atoms with Crippen molar-refractivity contribution in [2.75, 3.05) is 14.2 Å². The number of ketones is 1. The molecule has 0 spiro atoms. The number of rotatable bonds is 4. The van der Waals surface area contributed by atoms with Gasteiger partial charge in [0, 0.05) is 18.5 Å². The number of aryl methyl sites for hydroxylation is 1. The molecule has 2 aromatic heterocycles. The smallest absolute Gasteiger partial charge is 0.341 e. The van der Waals surface area contributed by atoms with Crippen molar-refractivity contribution in [3.05, 3.63) is 41.6 Å². The maximum atomic E-state index is 11.8. The molecule has 0 atom stereocenters. The summed E-state index contributed by atoms with van der Waals surface area (Å²) in [6.07, 6.45) is 1.43. The van der Waals surface area contributed by atoms with Gasteiger partial charge in [0.15, 0.2) is 5.78 Å². The predicted octanol–water partition coefficient (Wildman–Crippen LogP) is 2.88. The standard InChI is InChI=1S/C19H18N2O4/c1-11(22)14(19(23)25-4)9-12-10-16(24-3)18-17(20-12)13-7-5-6-8-15(13)21(18)2/h5-10H,1-4H3/b14-9-. The van der Waals surface area contributed by atoms with Gasteiger partial charge in [-0.25, -0.2) is 9.78 Å². The van der Waals surface area contributed by atoms with Crippen molar-refractivity contribution in [1.29, 1.82) is 0 Å². The van der Waals surface area contributed by atoms with Gasteiger partial charge < -0.3 is 14.0 Å². The van der Waals surface area contributed by atoms with Crippen LogP contribution in [0.25, 0.3) is 28.0 Å². The molecule has 0 radical (unpaired) electrons. The first kappa shape index (κ1) is 16.7. The Morgan fingerprint density at radius 2 is 1.92 bits per heavy atom. The number of benzene rings is 1. The number of hydrogen-bond acceptors (Lipinski definition) is 5. The Kier molecular flexibility index (Phi) is 4.27. The molecule has 3 aromatic rings. The number of para-hydroxylation sites is 1. The lowest BCUT2D eigenvalue weighted by Crippen LogP contribution is -2.11. The summed E-state index contributed by atoms with van der Waals surface area (Å²) < 4.78 is 12.2. The summed E-state index contributed by atoms with van der Waals surface area (Å²) >= 11 is 0. The van der Waals surface area contributed by atoms with Crippen LogP contribution in [0.4, 0.5) is 0 Å². The number of aromatic nitrogens is 2. The third kappa shape index (κ3) is 2.76. The number of fused-ring (bicyclic) bond motifs is 3. The van der Waals surface area contributed by atoms with Crippen molar-refractivity contribution in [3.8, 4) is 5.75 Å². The molecule has 0 aliphatic heterocycles. The first-order valence-electron chi connectivity index (χ1n) is 7.71. The number of carbonyl (C=O) groups excluding carboxylic acids is 2. The van der Waals surface area contributed by atoms with Crippen LogP contribution in [0.3, 0.4) is 0 Å². The van der Waals surface area contributed by atoms with Gasteiger partial charge in [0.1, 0.15) is 22.4 Å². The van der Waals surface area contributed by atoms with Crippen molar-refractivity contribution >= 4 is 39.8 Å². The van der Waals surface area contributed by atoms with E-state index in [1.165, 1.54) is 20.1 Å². The minimum atomic E-state index is -0.689. The summed E-state index contributed by atoms with van der Waals surface area (Å²) in [7, 11) is 4.76. The number of hydrogen-bond donors (Lipinski definition) is 0. The number of carbonyl (C=O) groups is 2. The van der Waals surface area contributed by atoms with Crippen molar-refractivity contribution in [2.45, 2.75) is 6.92 Å². The van der Waals surface area contributed by atoms with E-state index >= 15 is 0 Å². The molecule has 0 bridgehead atoms. The maximum absolute atomic E-state index is 11.8. The van der Waals surface area contributed by atoms with Gasteiger partial charge in [0.25, 0.3) is 0 Å². The molecule has 1 aromatic carbocycles. The molecule has 6 nitrogen and oxygen atoms in total. The highest BCUT2D eigenvalue weighted by atomic mass is 16.5. The molecule has 0 fully saturated rings. The maximum Gasteiger partial charge on any atom is 0.341 e. The summed E-state index contributed by atoms with van der Waals surface area (Å²) in [5, 5.41) is 0.969. The van der Waals surface area contributed by atoms with Gasteiger partial charge >= 0.3 is 5.97 Å². The zero-order valence-electron chi connectivity index (χ0n) is 14.5. The van der Waals surface area contributed by atoms with Crippen LogP contribution in [-0.4, -0.2) is 35.5 Å². The Hall–Kier alpha value is -3.15. The average Bonchev–Trinajstić information content (AvgIpc) is 2.91. The zero-order valence-corrected chi connectivity index (χ0v) is 14.5. The second kappa shape index (κ2) is 6.39. The van der Waals surface area contributed by atoms with Crippen molar-refractivity contribution in [2.24, 2.45) is 7.05 Å². The molecule has 0 amide bonds. The second-order valence-electron chi connectivity index (χ2n) is 5.63. The largest absolute Gasteiger partial charge is 0.494 e. The summed E-state index contributed by atoms with van der Waals surface area (Å²) in [5.74, 6) is -0.459. The third-order valence-corrected chi connectivity index (χ3v) is 4.13. The van der Waals surface area contributed by atoms with E-state index in [2.05, 4.69) is 9.72 Å². The highest BCUT2D eigenvalue weighted by Crippen LogP contribution is 2.33. The van der Waals surface area contributed by atoms with E-state index in [1.54, 1.807) is 13.2 Å². The quantitative estimate of drug-likeness (QED) is 0.317. The molecule has 6 heteroatoms. The van der Waals surface area contributed by atoms with Crippen LogP contribution in [0.2, 0.25) is 0 Å². The Balaban J connectivity index is 2.33. The number of methoxy groups -OCH3 is 2. The van der Waals surface area contributed by atoms with E-state index in [9.17, 15) is 9.59 Å². The van der Waals surface area contributed by atoms with Crippen LogP contribution in [0.1, 0.15) is 12.6 Å². The highest BCUT2D eigenvalue weighted by molar-refractivity contribution is 6.19. The lowest BCUT2D eigenvalue weighted by Gasteiger charge is -2.07. The first-order valence-corrected chi connectivity index (χ1v) is 7.71. The molecular weight excluding hydrogens is 320 g/mol. The molecular formula is C19H18N2O4. The second-order valence-corrected chi connectivity index (χ2v) is 5.63. The minimum absolute atomic E-state index is 0.0587. The first-order chi connectivity index (χ1) is 12.0. The number of Topliss-reactive ketones (excluding diaryl/α,β-unsaturated/α-hetero) is 1. The summed E-state index contributed by atoms with van der Waals surface area (Å²) in [5.41, 5.74) is 3.01. The van der Waals surface area contributed by atoms with E-state index in [-0.39, 0.29) is 11.4 Å². The molecule has 3 rings (SSSR count). The van der Waals surface area contributed by atoms with Gasteiger partial charge in [0.2, 0.25) is 0 Å². The molecule has 0 unspecified atom stereocenters. The fourth-order valence-electron chi connectivity index (χ4n) is 2.92. The molecule has 0 saturated heterocycles. The van der Waals surface area contributed by atoms with Gasteiger partial charge in [-0.3, -0.25) is 4.79 Å². The van der Waals surface area contributed by atoms with Crippen LogP contribution in [-0.2, 0) is 21.4 Å². The monoisotopic (exact) mass is 338 g/mol. The van der Waals surface area contributed by atoms with Crippen LogP contribution in [0.15, 0.2) is 35.9 Å². The molecule has 0 aliphatic rings. The Morgan fingerprint density at radius 1 is 1.20 bits per heavy atom. The molecule has 2 heterocycles. The lowest BCUT2D eigenvalue weighted by molar-refractivity contribution is -0.137. The number of pyridine rings is 1. The van der Waals surface area contributed by atoms with Crippen molar-refractivity contribution < 1.29 is 19.1 Å². The number of nitrogens with zero attached hydrogens (tertiary/aromatic N) is 2. The fraction of sp³-hybridized carbons (Fsp3) is 0.211. The van der Waals surface area contributed by atoms with E-state index in [1.807, 2.05) is 35.9 Å². The van der Waals surface area contributed by atoms with E-state index in [4.69, 9.17) is 4.74 Å². The Labute approximate surface area is 144 Å². The van der Waals surface area contributed by atoms with Crippen molar-refractivity contribution in [1.82, 2.24) is 9.55 Å². The SMILES string of the molecule is COC(=O)/C(=C\c1cc(OC)c2c(n1)c1ccccc1n2C)C(C)=O. The third-order valence-electron chi connectivity index (χ3n) is 4.13. The molecule has 0 aliphatic carbocycles. The topological polar surface area (TPSA) is 70.4 Å². The average molecular weight is 338 g/mol. The minimum Gasteiger partial charge on any atom is -0.494 e. The van der Waals surface area contributed by atoms with E-state index in [0.717, 1.165) is 21.9 Å². The van der Waals surface area contributed by atoms with Crippen LogP contribution < -0.4 is 4.74 Å². The molecule has 0 saturated carbocycles. The summed E-state index contributed by atoms with van der Waals surface area (Å²) in [4.78, 5) is 28.2. The molecule has 128 valence electrons. The Morgan fingerprint density at radius 3 is 2.56 bits per heavy atom. The number of esters is 1. The molecule has 25 heavy (non-hydrogen) atoms. The van der Waals surface area contributed by atoms with Gasteiger partial charge in [-0.2, -0.15) is 0 Å². The van der Waals surface area contributed by atoms with Gasteiger partial charge in [-0.05, 0) is 19.1 Å². The van der Waals surface area contributed by atoms with Crippen LogP contribution >= 0.6 is 0 Å². The highest BCUT2D eigenvalue weighted by Gasteiger charge is 2.18.